The van der Waals surface area contributed by atoms with Crippen molar-refractivity contribution in [3.63, 3.8) is 0 Å². The van der Waals surface area contributed by atoms with E-state index < -0.39 is 21.5 Å². The Morgan fingerprint density at radius 3 is 2.50 bits per heavy atom. The van der Waals surface area contributed by atoms with Crippen LogP contribution in [0.1, 0.15) is 27.2 Å². The number of nitrogens with zero attached hydrogens (tertiary/aromatic N) is 2. The fourth-order valence-corrected chi connectivity index (χ4v) is 5.18. The van der Waals surface area contributed by atoms with Crippen molar-refractivity contribution in [2.24, 2.45) is 0 Å². The maximum atomic E-state index is 12.9. The van der Waals surface area contributed by atoms with Gasteiger partial charge in [0.15, 0.2) is 9.84 Å². The predicted octanol–water partition coefficient (Wildman–Crippen LogP) is 1.58. The summed E-state index contributed by atoms with van der Waals surface area (Å²) in [6, 6.07) is 7.03. The summed E-state index contributed by atoms with van der Waals surface area (Å²) in [6.45, 7) is 7.22. The van der Waals surface area contributed by atoms with Crippen LogP contribution in [0.2, 0.25) is 0 Å². The van der Waals surface area contributed by atoms with Crippen molar-refractivity contribution in [2.45, 2.75) is 50.8 Å². The molecule has 8 nitrogen and oxygen atoms in total. The Labute approximate surface area is 177 Å². The van der Waals surface area contributed by atoms with Gasteiger partial charge in [-0.2, -0.15) is 0 Å². The van der Waals surface area contributed by atoms with E-state index >= 15 is 0 Å². The third-order valence-corrected chi connectivity index (χ3v) is 6.70. The van der Waals surface area contributed by atoms with Crippen LogP contribution in [0.4, 0.5) is 0 Å². The first-order chi connectivity index (χ1) is 14.2. The molecule has 0 bridgehead atoms. The normalized spacial score (nSPS) is 19.8. The summed E-state index contributed by atoms with van der Waals surface area (Å²) in [7, 11) is -3.85. The molecule has 1 fully saturated rings. The molecular weight excluding hydrogens is 406 g/mol. The van der Waals surface area contributed by atoms with E-state index in [4.69, 9.17) is 4.74 Å². The van der Waals surface area contributed by atoms with Gasteiger partial charge in [-0.15, -0.1) is 0 Å². The minimum absolute atomic E-state index is 0.0253. The molecule has 1 aromatic heterocycles. The van der Waals surface area contributed by atoms with Crippen LogP contribution in [-0.4, -0.2) is 67.3 Å². The van der Waals surface area contributed by atoms with Crippen LogP contribution in [0.25, 0.3) is 10.9 Å². The molecule has 1 aromatic carbocycles. The molecule has 164 valence electrons. The second kappa shape index (κ2) is 9.18. The zero-order valence-electron chi connectivity index (χ0n) is 17.6. The van der Waals surface area contributed by atoms with E-state index in [1.54, 1.807) is 33.7 Å². The van der Waals surface area contributed by atoms with Crippen molar-refractivity contribution in [2.75, 3.05) is 25.4 Å². The average molecular weight is 436 g/mol. The molecule has 0 saturated carbocycles. The number of carbonyl (C=O) groups excluding carboxylic acids is 2. The zero-order valence-corrected chi connectivity index (χ0v) is 18.4. The summed E-state index contributed by atoms with van der Waals surface area (Å²) in [6.07, 6.45) is 2.11. The average Bonchev–Trinajstić information content (AvgIpc) is 3.05. The van der Waals surface area contributed by atoms with Gasteiger partial charge in [-0.1, -0.05) is 25.1 Å². The lowest BCUT2D eigenvalue weighted by atomic mass is 10.2. The van der Waals surface area contributed by atoms with Crippen molar-refractivity contribution in [1.82, 2.24) is 14.8 Å². The number of hydrogen-bond acceptors (Lipinski definition) is 5. The van der Waals surface area contributed by atoms with Crippen LogP contribution < -0.4 is 5.32 Å². The van der Waals surface area contributed by atoms with Gasteiger partial charge in [-0.3, -0.25) is 9.59 Å². The van der Waals surface area contributed by atoms with Gasteiger partial charge in [-0.05, 0) is 26.3 Å². The van der Waals surface area contributed by atoms with E-state index in [9.17, 15) is 18.0 Å². The highest BCUT2D eigenvalue weighted by Crippen LogP contribution is 2.26. The van der Waals surface area contributed by atoms with Crippen molar-refractivity contribution in [1.29, 1.82) is 0 Å². The molecule has 0 spiro atoms. The predicted molar refractivity (Wildman–Crippen MR) is 114 cm³/mol. The zero-order chi connectivity index (χ0) is 21.9. The minimum atomic E-state index is -3.85. The van der Waals surface area contributed by atoms with Gasteiger partial charge in [0.1, 0.15) is 12.3 Å². The van der Waals surface area contributed by atoms with Crippen LogP contribution in [0.15, 0.2) is 35.4 Å². The number of rotatable bonds is 7. The van der Waals surface area contributed by atoms with Crippen molar-refractivity contribution >= 4 is 32.6 Å². The summed E-state index contributed by atoms with van der Waals surface area (Å²) < 4.78 is 33.2. The number of sulfone groups is 1. The molecular formula is C21H29N3O5S. The van der Waals surface area contributed by atoms with E-state index in [0.29, 0.717) is 30.5 Å². The molecule has 2 atom stereocenters. The molecule has 1 saturated heterocycles. The SMILES string of the molecule is CCCNC(=O)CS(=O)(=O)c1cn(CC(=O)N2C[C@@H](C)O[C@@H](C)C2)c2ccccc12. The lowest BCUT2D eigenvalue weighted by Gasteiger charge is -2.35. The molecule has 30 heavy (non-hydrogen) atoms. The summed E-state index contributed by atoms with van der Waals surface area (Å²) in [4.78, 5) is 26.7. The quantitative estimate of drug-likeness (QED) is 0.712. The molecule has 1 aliphatic heterocycles. The summed E-state index contributed by atoms with van der Waals surface area (Å²) in [5, 5.41) is 3.11. The van der Waals surface area contributed by atoms with Crippen molar-refractivity contribution in [3.8, 4) is 0 Å². The van der Waals surface area contributed by atoms with E-state index in [1.807, 2.05) is 20.8 Å². The monoisotopic (exact) mass is 435 g/mol. The highest BCUT2D eigenvalue weighted by molar-refractivity contribution is 7.92. The van der Waals surface area contributed by atoms with Crippen LogP contribution in [0.5, 0.6) is 0 Å². The first-order valence-electron chi connectivity index (χ1n) is 10.2. The van der Waals surface area contributed by atoms with E-state index in [0.717, 1.165) is 6.42 Å². The smallest absolute Gasteiger partial charge is 0.242 e. The van der Waals surface area contributed by atoms with E-state index in [1.165, 1.54) is 6.20 Å². The number of aromatic nitrogens is 1. The number of fused-ring (bicyclic) bond motifs is 1. The summed E-state index contributed by atoms with van der Waals surface area (Å²) >= 11 is 0. The molecule has 1 N–H and O–H groups in total. The fourth-order valence-electron chi connectivity index (χ4n) is 3.78. The number of amides is 2. The lowest BCUT2D eigenvalue weighted by Crippen LogP contribution is -2.49. The Balaban J connectivity index is 1.87. The summed E-state index contributed by atoms with van der Waals surface area (Å²) in [5.74, 6) is -1.24. The standard InChI is InChI=1S/C21H29N3O5S/c1-4-9-22-20(25)14-30(27,28)19-12-23(18-8-6-5-7-17(18)19)13-21(26)24-10-15(2)29-16(3)11-24/h5-8,12,15-16H,4,9-11,13-14H2,1-3H3,(H,22,25)/t15-,16+. The third-order valence-electron chi connectivity index (χ3n) is 5.06. The maximum absolute atomic E-state index is 12.9. The van der Waals surface area contributed by atoms with Gasteiger partial charge in [0.25, 0.3) is 0 Å². The molecule has 1 aliphatic rings. The Hall–Kier alpha value is -2.39. The Kier molecular flexibility index (Phi) is 6.82. The largest absolute Gasteiger partial charge is 0.372 e. The molecule has 2 heterocycles. The third kappa shape index (κ3) is 5.02. The number of para-hydroxylation sites is 1. The molecule has 9 heteroatoms. The van der Waals surface area contributed by atoms with Gasteiger partial charge in [-0.25, -0.2) is 8.42 Å². The number of ether oxygens (including phenoxy) is 1. The number of hydrogen-bond donors (Lipinski definition) is 1. The van der Waals surface area contributed by atoms with Gasteiger partial charge in [0.2, 0.25) is 11.8 Å². The first kappa shape index (κ1) is 22.3. The van der Waals surface area contributed by atoms with Crippen LogP contribution in [0, 0.1) is 0 Å². The number of nitrogens with one attached hydrogen (secondary N) is 1. The summed E-state index contributed by atoms with van der Waals surface area (Å²) in [5.41, 5.74) is 0.646. The molecule has 0 unspecified atom stereocenters. The highest BCUT2D eigenvalue weighted by atomic mass is 32.2. The minimum Gasteiger partial charge on any atom is -0.372 e. The first-order valence-corrected chi connectivity index (χ1v) is 11.9. The Morgan fingerprint density at radius 2 is 1.83 bits per heavy atom. The lowest BCUT2D eigenvalue weighted by molar-refractivity contribution is -0.143. The van der Waals surface area contributed by atoms with E-state index in [-0.39, 0.29) is 29.6 Å². The number of benzene rings is 1. The highest BCUT2D eigenvalue weighted by Gasteiger charge is 2.28. The molecule has 0 radical (unpaired) electrons. The van der Waals surface area contributed by atoms with E-state index in [2.05, 4.69) is 5.32 Å². The molecule has 3 rings (SSSR count). The van der Waals surface area contributed by atoms with Crippen LogP contribution in [-0.2, 0) is 30.7 Å². The molecule has 2 amide bonds. The number of carbonyl (C=O) groups is 2. The van der Waals surface area contributed by atoms with Crippen LogP contribution >= 0.6 is 0 Å². The van der Waals surface area contributed by atoms with Crippen molar-refractivity contribution < 1.29 is 22.7 Å². The Bertz CT molecular complexity index is 1020. The van der Waals surface area contributed by atoms with Crippen molar-refractivity contribution in [3.05, 3.63) is 30.5 Å². The van der Waals surface area contributed by atoms with Crippen LogP contribution in [0.3, 0.4) is 0 Å². The van der Waals surface area contributed by atoms with Gasteiger partial charge in [0, 0.05) is 36.7 Å². The number of morpholine rings is 1. The molecule has 2 aromatic rings. The maximum Gasteiger partial charge on any atom is 0.242 e. The van der Waals surface area contributed by atoms with Gasteiger partial charge >= 0.3 is 0 Å². The second-order valence-corrected chi connectivity index (χ2v) is 9.76. The van der Waals surface area contributed by atoms with Gasteiger partial charge in [0.05, 0.1) is 17.1 Å². The molecule has 0 aliphatic carbocycles. The second-order valence-electron chi connectivity index (χ2n) is 7.80. The Morgan fingerprint density at radius 1 is 1.17 bits per heavy atom. The topological polar surface area (TPSA) is 97.7 Å². The van der Waals surface area contributed by atoms with Gasteiger partial charge < -0.3 is 19.5 Å². The fraction of sp³-hybridized carbons (Fsp3) is 0.524.